The molecule has 0 saturated carbocycles. The summed E-state index contributed by atoms with van der Waals surface area (Å²) < 4.78 is 0. The van der Waals surface area contributed by atoms with Crippen molar-refractivity contribution < 1.29 is 0 Å². The van der Waals surface area contributed by atoms with Crippen molar-refractivity contribution in [2.45, 2.75) is 26.3 Å². The number of nitriles is 1. The molecule has 0 aromatic carbocycles. The highest BCUT2D eigenvalue weighted by Crippen LogP contribution is 2.21. The van der Waals surface area contributed by atoms with E-state index in [4.69, 9.17) is 5.26 Å². The Labute approximate surface area is 113 Å². The Morgan fingerprint density at radius 3 is 2.67 bits per heavy atom. The molecule has 0 radical (unpaired) electrons. The third-order valence-corrected chi connectivity index (χ3v) is 4.43. The van der Waals surface area contributed by atoms with Gasteiger partial charge in [-0.05, 0) is 13.5 Å². The Morgan fingerprint density at radius 2 is 2.06 bits per heavy atom. The lowest BCUT2D eigenvalue weighted by Gasteiger charge is -2.31. The standard InChI is InChI=1S/C13H20N4S/c1-3-11-12(4-5-14)18-13(15-11)10-17-8-6-16(2)7-9-17/h3-4,6-10H2,1-2H3. The molecule has 1 aromatic rings. The molecule has 0 bridgehead atoms. The van der Waals surface area contributed by atoms with Crippen molar-refractivity contribution in [3.05, 3.63) is 15.6 Å². The monoisotopic (exact) mass is 264 g/mol. The zero-order valence-corrected chi connectivity index (χ0v) is 12.0. The fourth-order valence-corrected chi connectivity index (χ4v) is 3.32. The van der Waals surface area contributed by atoms with E-state index in [1.165, 1.54) is 5.01 Å². The molecule has 2 heterocycles. The van der Waals surface area contributed by atoms with Gasteiger partial charge in [0.15, 0.2) is 0 Å². The van der Waals surface area contributed by atoms with Gasteiger partial charge in [0.1, 0.15) is 5.01 Å². The number of rotatable bonds is 4. The van der Waals surface area contributed by atoms with Crippen molar-refractivity contribution >= 4 is 11.3 Å². The van der Waals surface area contributed by atoms with Crippen LogP contribution >= 0.6 is 11.3 Å². The highest BCUT2D eigenvalue weighted by Gasteiger charge is 2.16. The van der Waals surface area contributed by atoms with E-state index in [-0.39, 0.29) is 0 Å². The predicted octanol–water partition coefficient (Wildman–Crippen LogP) is 1.52. The first-order valence-corrected chi connectivity index (χ1v) is 7.30. The lowest BCUT2D eigenvalue weighted by atomic mass is 10.2. The van der Waals surface area contributed by atoms with Crippen LogP contribution in [-0.4, -0.2) is 48.0 Å². The summed E-state index contributed by atoms with van der Waals surface area (Å²) in [6.45, 7) is 7.55. The molecule has 18 heavy (non-hydrogen) atoms. The quantitative estimate of drug-likeness (QED) is 0.827. The van der Waals surface area contributed by atoms with Gasteiger partial charge in [-0.15, -0.1) is 11.3 Å². The SMILES string of the molecule is CCc1nc(CN2CCN(C)CC2)sc1CC#N. The van der Waals surface area contributed by atoms with E-state index in [0.717, 1.165) is 49.7 Å². The van der Waals surface area contributed by atoms with Crippen LogP contribution in [0.3, 0.4) is 0 Å². The third kappa shape index (κ3) is 3.29. The number of nitrogens with zero attached hydrogens (tertiary/aromatic N) is 4. The molecule has 98 valence electrons. The van der Waals surface area contributed by atoms with Gasteiger partial charge in [-0.3, -0.25) is 4.90 Å². The Bertz CT molecular complexity index is 427. The average molecular weight is 264 g/mol. The summed E-state index contributed by atoms with van der Waals surface area (Å²) in [5.74, 6) is 0. The van der Waals surface area contributed by atoms with Gasteiger partial charge in [0.25, 0.3) is 0 Å². The van der Waals surface area contributed by atoms with Gasteiger partial charge in [0, 0.05) is 31.1 Å². The molecule has 5 heteroatoms. The molecule has 1 aliphatic heterocycles. The molecule has 4 nitrogen and oxygen atoms in total. The summed E-state index contributed by atoms with van der Waals surface area (Å²) in [4.78, 5) is 10.6. The van der Waals surface area contributed by atoms with Crippen molar-refractivity contribution in [1.82, 2.24) is 14.8 Å². The minimum atomic E-state index is 0.504. The van der Waals surface area contributed by atoms with E-state index in [2.05, 4.69) is 34.8 Å². The molecule has 2 rings (SSSR count). The molecule has 0 atom stereocenters. The fourth-order valence-electron chi connectivity index (χ4n) is 2.19. The molecule has 1 aliphatic rings. The van der Waals surface area contributed by atoms with Crippen LogP contribution in [0.15, 0.2) is 0 Å². The first kappa shape index (κ1) is 13.5. The molecular formula is C13H20N4S. The predicted molar refractivity (Wildman–Crippen MR) is 73.6 cm³/mol. The highest BCUT2D eigenvalue weighted by molar-refractivity contribution is 7.11. The van der Waals surface area contributed by atoms with Crippen molar-refractivity contribution in [2.75, 3.05) is 33.2 Å². The zero-order valence-electron chi connectivity index (χ0n) is 11.1. The Morgan fingerprint density at radius 1 is 1.33 bits per heavy atom. The Kier molecular flexibility index (Phi) is 4.70. The Hall–Kier alpha value is -0.960. The van der Waals surface area contributed by atoms with Gasteiger partial charge in [-0.25, -0.2) is 4.98 Å². The van der Waals surface area contributed by atoms with Gasteiger partial charge < -0.3 is 4.90 Å². The van der Waals surface area contributed by atoms with E-state index in [9.17, 15) is 0 Å². The lowest BCUT2D eigenvalue weighted by molar-refractivity contribution is 0.148. The van der Waals surface area contributed by atoms with Crippen LogP contribution in [0.4, 0.5) is 0 Å². The van der Waals surface area contributed by atoms with Crippen LogP contribution < -0.4 is 0 Å². The summed E-state index contributed by atoms with van der Waals surface area (Å²) >= 11 is 1.71. The average Bonchev–Trinajstić information content (AvgIpc) is 2.75. The molecule has 0 spiro atoms. The van der Waals surface area contributed by atoms with Crippen molar-refractivity contribution in [3.63, 3.8) is 0 Å². The molecule has 1 saturated heterocycles. The number of hydrogen-bond donors (Lipinski definition) is 0. The number of hydrogen-bond acceptors (Lipinski definition) is 5. The summed E-state index contributed by atoms with van der Waals surface area (Å²) in [6, 6.07) is 2.23. The minimum Gasteiger partial charge on any atom is -0.304 e. The van der Waals surface area contributed by atoms with Gasteiger partial charge in [-0.2, -0.15) is 5.26 Å². The maximum atomic E-state index is 8.81. The van der Waals surface area contributed by atoms with Crippen LogP contribution in [0.1, 0.15) is 22.5 Å². The van der Waals surface area contributed by atoms with Crippen LogP contribution in [-0.2, 0) is 19.4 Å². The van der Waals surface area contributed by atoms with Crippen LogP contribution in [0.2, 0.25) is 0 Å². The first-order valence-electron chi connectivity index (χ1n) is 6.48. The largest absolute Gasteiger partial charge is 0.304 e. The van der Waals surface area contributed by atoms with E-state index in [1.807, 2.05) is 0 Å². The number of aryl methyl sites for hydroxylation is 1. The van der Waals surface area contributed by atoms with Gasteiger partial charge in [0.2, 0.25) is 0 Å². The van der Waals surface area contributed by atoms with E-state index in [1.54, 1.807) is 11.3 Å². The van der Waals surface area contributed by atoms with Crippen molar-refractivity contribution in [2.24, 2.45) is 0 Å². The normalized spacial score (nSPS) is 17.8. The number of aromatic nitrogens is 1. The molecule has 0 aliphatic carbocycles. The smallest absolute Gasteiger partial charge is 0.107 e. The topological polar surface area (TPSA) is 43.2 Å². The molecule has 1 fully saturated rings. The summed E-state index contributed by atoms with van der Waals surface area (Å²) in [6.07, 6.45) is 1.43. The van der Waals surface area contributed by atoms with Crippen LogP contribution in [0.25, 0.3) is 0 Å². The maximum absolute atomic E-state index is 8.81. The maximum Gasteiger partial charge on any atom is 0.107 e. The first-order chi connectivity index (χ1) is 8.72. The fraction of sp³-hybridized carbons (Fsp3) is 0.692. The van der Waals surface area contributed by atoms with Crippen LogP contribution in [0.5, 0.6) is 0 Å². The van der Waals surface area contributed by atoms with E-state index in [0.29, 0.717) is 6.42 Å². The number of piperazine rings is 1. The Balaban J connectivity index is 1.99. The van der Waals surface area contributed by atoms with Gasteiger partial charge in [0.05, 0.1) is 24.7 Å². The third-order valence-electron chi connectivity index (χ3n) is 3.35. The lowest BCUT2D eigenvalue weighted by Crippen LogP contribution is -2.43. The van der Waals surface area contributed by atoms with Crippen molar-refractivity contribution in [1.29, 1.82) is 5.26 Å². The van der Waals surface area contributed by atoms with Crippen LogP contribution in [0, 0.1) is 11.3 Å². The van der Waals surface area contributed by atoms with Gasteiger partial charge in [-0.1, -0.05) is 6.92 Å². The number of thiazole rings is 1. The molecule has 0 unspecified atom stereocenters. The summed E-state index contributed by atoms with van der Waals surface area (Å²) in [5, 5.41) is 9.98. The highest BCUT2D eigenvalue weighted by atomic mass is 32.1. The number of likely N-dealkylation sites (N-methyl/N-ethyl adjacent to an activating group) is 1. The summed E-state index contributed by atoms with van der Waals surface area (Å²) in [5.41, 5.74) is 1.12. The molecule has 0 amide bonds. The van der Waals surface area contributed by atoms with E-state index >= 15 is 0 Å². The molecule has 0 N–H and O–H groups in total. The molecular weight excluding hydrogens is 244 g/mol. The summed E-state index contributed by atoms with van der Waals surface area (Å²) in [7, 11) is 2.17. The minimum absolute atomic E-state index is 0.504. The second-order valence-electron chi connectivity index (χ2n) is 4.75. The molecule has 1 aromatic heterocycles. The van der Waals surface area contributed by atoms with Gasteiger partial charge >= 0.3 is 0 Å². The second kappa shape index (κ2) is 6.28. The second-order valence-corrected chi connectivity index (χ2v) is 5.91. The van der Waals surface area contributed by atoms with E-state index < -0.39 is 0 Å². The zero-order chi connectivity index (χ0) is 13.0. The van der Waals surface area contributed by atoms with Crippen molar-refractivity contribution in [3.8, 4) is 6.07 Å².